The van der Waals surface area contributed by atoms with Gasteiger partial charge in [-0.05, 0) is 25.3 Å². The highest BCUT2D eigenvalue weighted by molar-refractivity contribution is 5.91. The van der Waals surface area contributed by atoms with Crippen molar-refractivity contribution >= 4 is 17.8 Å². The third kappa shape index (κ3) is 4.32. The fourth-order valence-electron chi connectivity index (χ4n) is 2.84. The largest absolute Gasteiger partial charge is 0.480 e. The van der Waals surface area contributed by atoms with Gasteiger partial charge in [0.1, 0.15) is 18.2 Å². The van der Waals surface area contributed by atoms with Crippen LogP contribution in [0.1, 0.15) is 25.3 Å². The Kier molecular flexibility index (Phi) is 5.92. The van der Waals surface area contributed by atoms with Crippen molar-refractivity contribution in [2.24, 2.45) is 0 Å². The molecule has 1 aromatic rings. The van der Waals surface area contributed by atoms with Crippen LogP contribution in [0.5, 0.6) is 0 Å². The lowest BCUT2D eigenvalue weighted by Crippen LogP contribution is -2.52. The number of aliphatic carboxylic acids is 1. The Hall–Kier alpha value is -2.41. The second-order valence-electron chi connectivity index (χ2n) is 5.96. The first-order valence-corrected chi connectivity index (χ1v) is 7.95. The van der Waals surface area contributed by atoms with Crippen LogP contribution in [0.15, 0.2) is 30.3 Å². The normalized spacial score (nSPS) is 19.6. The standard InChI is InChI=1S/C17H22N2O5/c1-11(16(22)19-9-5-8-13(19)17(23)24)18-15(21)14(20)10-12-6-3-2-4-7-12/h2-4,6-7,11,13-14,20H,5,8-10H2,1H3,(H,18,21)(H,23,24)/t11-,13+,14?/m0/s1. The van der Waals surface area contributed by atoms with E-state index in [-0.39, 0.29) is 6.42 Å². The van der Waals surface area contributed by atoms with Crippen molar-refractivity contribution < 1.29 is 24.6 Å². The van der Waals surface area contributed by atoms with Crippen molar-refractivity contribution in [2.75, 3.05) is 6.54 Å². The number of benzene rings is 1. The SMILES string of the molecule is C[C@H](NC(=O)C(O)Cc1ccccc1)C(=O)N1CCC[C@@H]1C(=O)O. The Morgan fingerprint density at radius 1 is 1.29 bits per heavy atom. The van der Waals surface area contributed by atoms with E-state index in [4.69, 9.17) is 5.11 Å². The predicted molar refractivity (Wildman–Crippen MR) is 86.1 cm³/mol. The van der Waals surface area contributed by atoms with Crippen LogP contribution in [0.2, 0.25) is 0 Å². The molecule has 0 radical (unpaired) electrons. The molecular formula is C17H22N2O5. The van der Waals surface area contributed by atoms with Crippen LogP contribution in [0.4, 0.5) is 0 Å². The molecule has 1 saturated heterocycles. The zero-order chi connectivity index (χ0) is 17.7. The van der Waals surface area contributed by atoms with E-state index in [0.717, 1.165) is 5.56 Å². The molecule has 1 aromatic carbocycles. The van der Waals surface area contributed by atoms with E-state index in [0.29, 0.717) is 19.4 Å². The number of carboxylic acids is 1. The molecule has 1 aliphatic rings. The Morgan fingerprint density at radius 3 is 2.58 bits per heavy atom. The van der Waals surface area contributed by atoms with E-state index in [2.05, 4.69) is 5.32 Å². The molecule has 1 aliphatic heterocycles. The van der Waals surface area contributed by atoms with Crippen molar-refractivity contribution in [2.45, 2.75) is 44.4 Å². The van der Waals surface area contributed by atoms with Gasteiger partial charge >= 0.3 is 5.97 Å². The molecule has 24 heavy (non-hydrogen) atoms. The Bertz CT molecular complexity index is 604. The van der Waals surface area contributed by atoms with Gasteiger partial charge in [-0.25, -0.2) is 4.79 Å². The van der Waals surface area contributed by atoms with Crippen LogP contribution in [0.25, 0.3) is 0 Å². The lowest BCUT2D eigenvalue weighted by molar-refractivity contribution is -0.149. The maximum atomic E-state index is 12.3. The predicted octanol–water partition coefficient (Wildman–Crippen LogP) is 0.170. The van der Waals surface area contributed by atoms with Gasteiger partial charge in [0.15, 0.2) is 0 Å². The van der Waals surface area contributed by atoms with Gasteiger partial charge in [0.05, 0.1) is 0 Å². The summed E-state index contributed by atoms with van der Waals surface area (Å²) >= 11 is 0. The van der Waals surface area contributed by atoms with Gasteiger partial charge in [-0.3, -0.25) is 9.59 Å². The van der Waals surface area contributed by atoms with Crippen molar-refractivity contribution in [3.05, 3.63) is 35.9 Å². The molecule has 3 N–H and O–H groups in total. The summed E-state index contributed by atoms with van der Waals surface area (Å²) in [4.78, 5) is 36.8. The molecule has 0 bridgehead atoms. The minimum absolute atomic E-state index is 0.148. The fourth-order valence-corrected chi connectivity index (χ4v) is 2.84. The molecule has 0 saturated carbocycles. The molecule has 0 aliphatic carbocycles. The average molecular weight is 334 g/mol. The lowest BCUT2D eigenvalue weighted by Gasteiger charge is -2.25. The summed E-state index contributed by atoms with van der Waals surface area (Å²) in [5.41, 5.74) is 0.810. The van der Waals surface area contributed by atoms with Crippen LogP contribution < -0.4 is 5.32 Å². The van der Waals surface area contributed by atoms with E-state index in [1.165, 1.54) is 11.8 Å². The minimum Gasteiger partial charge on any atom is -0.480 e. The summed E-state index contributed by atoms with van der Waals surface area (Å²) < 4.78 is 0. The van der Waals surface area contributed by atoms with Crippen LogP contribution in [0.3, 0.4) is 0 Å². The Balaban J connectivity index is 1.90. The lowest BCUT2D eigenvalue weighted by atomic mass is 10.1. The topological polar surface area (TPSA) is 107 Å². The number of carbonyl (C=O) groups excluding carboxylic acids is 2. The van der Waals surface area contributed by atoms with E-state index >= 15 is 0 Å². The highest BCUT2D eigenvalue weighted by Gasteiger charge is 2.36. The molecule has 1 unspecified atom stereocenters. The van der Waals surface area contributed by atoms with Gasteiger partial charge in [-0.15, -0.1) is 0 Å². The number of amides is 2. The third-order valence-corrected chi connectivity index (χ3v) is 4.12. The van der Waals surface area contributed by atoms with Gasteiger partial charge in [0.25, 0.3) is 0 Å². The summed E-state index contributed by atoms with van der Waals surface area (Å²) in [5, 5.41) is 21.6. The Morgan fingerprint density at radius 2 is 1.96 bits per heavy atom. The summed E-state index contributed by atoms with van der Waals surface area (Å²) in [5.74, 6) is -2.13. The number of nitrogens with zero attached hydrogens (tertiary/aromatic N) is 1. The van der Waals surface area contributed by atoms with E-state index in [9.17, 15) is 19.5 Å². The number of aliphatic hydroxyl groups is 1. The summed E-state index contributed by atoms with van der Waals surface area (Å²) in [6.45, 7) is 1.86. The third-order valence-electron chi connectivity index (χ3n) is 4.12. The maximum Gasteiger partial charge on any atom is 0.326 e. The highest BCUT2D eigenvalue weighted by atomic mass is 16.4. The number of hydrogen-bond acceptors (Lipinski definition) is 4. The van der Waals surface area contributed by atoms with Gasteiger partial charge in [0, 0.05) is 13.0 Å². The monoisotopic (exact) mass is 334 g/mol. The smallest absolute Gasteiger partial charge is 0.326 e. The van der Waals surface area contributed by atoms with Gasteiger partial charge in [0.2, 0.25) is 11.8 Å². The van der Waals surface area contributed by atoms with E-state index in [1.54, 1.807) is 12.1 Å². The number of likely N-dealkylation sites (tertiary alicyclic amines) is 1. The van der Waals surface area contributed by atoms with Crippen LogP contribution in [0, 0.1) is 0 Å². The van der Waals surface area contributed by atoms with Crippen molar-refractivity contribution in [1.82, 2.24) is 10.2 Å². The zero-order valence-corrected chi connectivity index (χ0v) is 13.5. The number of aliphatic hydroxyl groups excluding tert-OH is 1. The molecule has 7 nitrogen and oxygen atoms in total. The molecule has 7 heteroatoms. The summed E-state index contributed by atoms with van der Waals surface area (Å²) in [6.07, 6.45) is -0.0792. The summed E-state index contributed by atoms with van der Waals surface area (Å²) in [6, 6.07) is 7.33. The zero-order valence-electron chi connectivity index (χ0n) is 13.5. The van der Waals surface area contributed by atoms with Gasteiger partial charge < -0.3 is 20.4 Å². The molecule has 130 valence electrons. The fraction of sp³-hybridized carbons (Fsp3) is 0.471. The Labute approximate surface area is 140 Å². The second kappa shape index (κ2) is 7.92. The first-order valence-electron chi connectivity index (χ1n) is 7.95. The van der Waals surface area contributed by atoms with Crippen molar-refractivity contribution in [1.29, 1.82) is 0 Å². The minimum atomic E-state index is -1.27. The summed E-state index contributed by atoms with van der Waals surface area (Å²) in [7, 11) is 0. The van der Waals surface area contributed by atoms with Crippen LogP contribution in [-0.4, -0.2) is 57.6 Å². The first kappa shape index (κ1) is 17.9. The van der Waals surface area contributed by atoms with Crippen LogP contribution in [-0.2, 0) is 20.8 Å². The highest BCUT2D eigenvalue weighted by Crippen LogP contribution is 2.18. The molecule has 1 fully saturated rings. The average Bonchev–Trinajstić information content (AvgIpc) is 3.04. The molecular weight excluding hydrogens is 312 g/mol. The number of carbonyl (C=O) groups is 3. The van der Waals surface area contributed by atoms with Gasteiger partial charge in [-0.1, -0.05) is 30.3 Å². The number of carboxylic acid groups (broad SMARTS) is 1. The number of hydrogen-bond donors (Lipinski definition) is 3. The molecule has 1 heterocycles. The molecule has 0 spiro atoms. The molecule has 3 atom stereocenters. The quantitative estimate of drug-likeness (QED) is 0.687. The van der Waals surface area contributed by atoms with Crippen LogP contribution >= 0.6 is 0 Å². The van der Waals surface area contributed by atoms with Crippen molar-refractivity contribution in [3.63, 3.8) is 0 Å². The molecule has 0 aromatic heterocycles. The van der Waals surface area contributed by atoms with E-state index in [1.807, 2.05) is 18.2 Å². The van der Waals surface area contributed by atoms with Gasteiger partial charge in [-0.2, -0.15) is 0 Å². The number of nitrogens with one attached hydrogen (secondary N) is 1. The second-order valence-corrected chi connectivity index (χ2v) is 5.96. The first-order chi connectivity index (χ1) is 11.4. The maximum absolute atomic E-state index is 12.3. The number of rotatable bonds is 6. The molecule has 2 amide bonds. The van der Waals surface area contributed by atoms with Crippen molar-refractivity contribution in [3.8, 4) is 0 Å². The molecule has 2 rings (SSSR count). The van der Waals surface area contributed by atoms with E-state index < -0.39 is 36.0 Å².